The lowest BCUT2D eigenvalue weighted by molar-refractivity contribution is 0.0280. The van der Waals surface area contributed by atoms with Gasteiger partial charge in [0.2, 0.25) is 6.43 Å². The van der Waals surface area contributed by atoms with Gasteiger partial charge in [0.1, 0.15) is 0 Å². The molecule has 0 aliphatic carbocycles. The Balaban J connectivity index is 1.98. The minimum Gasteiger partial charge on any atom is -0.338 e. The maximum atomic E-state index is 12.2. The van der Waals surface area contributed by atoms with Gasteiger partial charge in [0.15, 0.2) is 9.84 Å². The van der Waals surface area contributed by atoms with Gasteiger partial charge in [-0.05, 0) is 30.2 Å². The van der Waals surface area contributed by atoms with Gasteiger partial charge in [0.05, 0.1) is 4.90 Å². The van der Waals surface area contributed by atoms with Gasteiger partial charge in [-0.3, -0.25) is 4.79 Å². The second-order valence-corrected chi connectivity index (χ2v) is 7.02. The molecule has 0 radical (unpaired) electrons. The molecule has 0 spiro atoms. The molecule has 0 saturated carbocycles. The van der Waals surface area contributed by atoms with Crippen LogP contribution in [0, 0.1) is 5.92 Å². The lowest BCUT2D eigenvalue weighted by Gasteiger charge is -2.39. The fraction of sp³-hybridized carbons (Fsp3) is 0.462. The summed E-state index contributed by atoms with van der Waals surface area (Å²) in [7, 11) is -3.29. The van der Waals surface area contributed by atoms with Gasteiger partial charge in [-0.25, -0.2) is 17.2 Å². The topological polar surface area (TPSA) is 54.5 Å². The highest BCUT2D eigenvalue weighted by Crippen LogP contribution is 2.24. The highest BCUT2D eigenvalue weighted by atomic mass is 32.2. The molecular weight excluding hydrogens is 288 g/mol. The SMILES string of the molecule is CS(=O)(=O)c1ccc(C(=O)N2CC(CC(F)F)C2)cc1. The van der Waals surface area contributed by atoms with Crippen molar-refractivity contribution in [3.63, 3.8) is 0 Å². The summed E-state index contributed by atoms with van der Waals surface area (Å²) in [6.45, 7) is 0.661. The van der Waals surface area contributed by atoms with E-state index in [0.29, 0.717) is 18.7 Å². The van der Waals surface area contributed by atoms with Crippen molar-refractivity contribution >= 4 is 15.7 Å². The molecule has 0 unspecified atom stereocenters. The van der Waals surface area contributed by atoms with Crippen LogP contribution in [0.3, 0.4) is 0 Å². The van der Waals surface area contributed by atoms with E-state index in [2.05, 4.69) is 0 Å². The van der Waals surface area contributed by atoms with Crippen LogP contribution in [0.4, 0.5) is 8.78 Å². The zero-order valence-electron chi connectivity index (χ0n) is 10.9. The van der Waals surface area contributed by atoms with Crippen molar-refractivity contribution in [1.29, 1.82) is 0 Å². The minimum atomic E-state index is -3.29. The number of carbonyl (C=O) groups excluding carboxylic acids is 1. The molecule has 1 aromatic rings. The van der Waals surface area contributed by atoms with E-state index in [1.165, 1.54) is 29.2 Å². The maximum absolute atomic E-state index is 12.2. The Labute approximate surface area is 116 Å². The number of hydrogen-bond donors (Lipinski definition) is 0. The molecule has 1 heterocycles. The van der Waals surface area contributed by atoms with E-state index in [-0.39, 0.29) is 23.1 Å². The van der Waals surface area contributed by atoms with Crippen LogP contribution < -0.4 is 0 Å². The summed E-state index contributed by atoms with van der Waals surface area (Å²) in [5.74, 6) is -0.398. The normalized spacial score (nSPS) is 16.3. The first-order valence-electron chi connectivity index (χ1n) is 6.15. The first-order valence-corrected chi connectivity index (χ1v) is 8.04. The molecule has 4 nitrogen and oxygen atoms in total. The van der Waals surface area contributed by atoms with Gasteiger partial charge in [0.25, 0.3) is 5.91 Å². The lowest BCUT2D eigenvalue weighted by atomic mass is 9.95. The second kappa shape index (κ2) is 5.47. The third-order valence-electron chi connectivity index (χ3n) is 3.29. The van der Waals surface area contributed by atoms with Crippen LogP contribution in [-0.4, -0.2) is 45.0 Å². The number of benzene rings is 1. The predicted octanol–water partition coefficient (Wildman–Crippen LogP) is 1.82. The van der Waals surface area contributed by atoms with E-state index in [4.69, 9.17) is 0 Å². The number of rotatable bonds is 4. The molecule has 1 saturated heterocycles. The third-order valence-corrected chi connectivity index (χ3v) is 4.41. The lowest BCUT2D eigenvalue weighted by Crippen LogP contribution is -2.50. The highest BCUT2D eigenvalue weighted by Gasteiger charge is 2.32. The Morgan fingerprint density at radius 2 is 1.85 bits per heavy atom. The van der Waals surface area contributed by atoms with Gasteiger partial charge in [-0.15, -0.1) is 0 Å². The average Bonchev–Trinajstić information content (AvgIpc) is 2.31. The molecule has 7 heteroatoms. The van der Waals surface area contributed by atoms with Crippen molar-refractivity contribution in [1.82, 2.24) is 4.90 Å². The number of carbonyl (C=O) groups is 1. The van der Waals surface area contributed by atoms with E-state index in [1.54, 1.807) is 0 Å². The van der Waals surface area contributed by atoms with Crippen molar-refractivity contribution < 1.29 is 22.0 Å². The summed E-state index contributed by atoms with van der Waals surface area (Å²) < 4.78 is 46.9. The average molecular weight is 303 g/mol. The number of likely N-dealkylation sites (tertiary alicyclic amines) is 1. The summed E-state index contributed by atoms with van der Waals surface area (Å²) in [6, 6.07) is 5.64. The quantitative estimate of drug-likeness (QED) is 0.852. The molecule has 1 amide bonds. The second-order valence-electron chi connectivity index (χ2n) is 5.00. The van der Waals surface area contributed by atoms with Gasteiger partial charge >= 0.3 is 0 Å². The van der Waals surface area contributed by atoms with Crippen LogP contribution in [0.25, 0.3) is 0 Å². The van der Waals surface area contributed by atoms with Gasteiger partial charge in [0, 0.05) is 31.3 Å². The van der Waals surface area contributed by atoms with E-state index in [1.807, 2.05) is 0 Å². The Kier molecular flexibility index (Phi) is 4.08. The fourth-order valence-corrected chi connectivity index (χ4v) is 2.79. The van der Waals surface area contributed by atoms with Crippen molar-refractivity contribution in [3.8, 4) is 0 Å². The summed E-state index contributed by atoms with van der Waals surface area (Å²) in [5.41, 5.74) is 0.368. The molecule has 1 aliphatic rings. The number of halogens is 2. The van der Waals surface area contributed by atoms with E-state index >= 15 is 0 Å². The first-order chi connectivity index (χ1) is 9.27. The van der Waals surface area contributed by atoms with Crippen LogP contribution in [0.5, 0.6) is 0 Å². The molecule has 1 aromatic carbocycles. The monoisotopic (exact) mass is 303 g/mol. The van der Waals surface area contributed by atoms with Crippen LogP contribution >= 0.6 is 0 Å². The Hall–Kier alpha value is -1.50. The Morgan fingerprint density at radius 3 is 2.30 bits per heavy atom. The summed E-state index contributed by atoms with van der Waals surface area (Å²) in [5, 5.41) is 0. The van der Waals surface area contributed by atoms with Gasteiger partial charge in [-0.2, -0.15) is 0 Å². The number of sulfone groups is 1. The maximum Gasteiger partial charge on any atom is 0.253 e. The van der Waals surface area contributed by atoms with E-state index in [0.717, 1.165) is 6.26 Å². The van der Waals surface area contributed by atoms with Crippen LogP contribution in [0.2, 0.25) is 0 Å². The zero-order valence-corrected chi connectivity index (χ0v) is 11.7. The molecule has 0 bridgehead atoms. The van der Waals surface area contributed by atoms with E-state index < -0.39 is 16.3 Å². The van der Waals surface area contributed by atoms with Gasteiger partial charge < -0.3 is 4.90 Å². The van der Waals surface area contributed by atoms with E-state index in [9.17, 15) is 22.0 Å². The summed E-state index contributed by atoms with van der Waals surface area (Å²) >= 11 is 0. The molecule has 1 aliphatic heterocycles. The molecule has 0 N–H and O–H groups in total. The molecule has 110 valence electrons. The fourth-order valence-electron chi connectivity index (χ4n) is 2.16. The van der Waals surface area contributed by atoms with Crippen molar-refractivity contribution in [2.24, 2.45) is 5.92 Å². The van der Waals surface area contributed by atoms with Crippen LogP contribution in [0.15, 0.2) is 29.2 Å². The highest BCUT2D eigenvalue weighted by molar-refractivity contribution is 7.90. The smallest absolute Gasteiger partial charge is 0.253 e. The number of hydrogen-bond acceptors (Lipinski definition) is 3. The Morgan fingerprint density at radius 1 is 1.30 bits per heavy atom. The van der Waals surface area contributed by atoms with Crippen LogP contribution in [-0.2, 0) is 9.84 Å². The number of alkyl halides is 2. The summed E-state index contributed by atoms with van der Waals surface area (Å²) in [4.78, 5) is 13.6. The zero-order chi connectivity index (χ0) is 14.9. The Bertz CT molecular complexity index is 593. The largest absolute Gasteiger partial charge is 0.338 e. The van der Waals surface area contributed by atoms with Crippen molar-refractivity contribution in [2.45, 2.75) is 17.7 Å². The van der Waals surface area contributed by atoms with Gasteiger partial charge in [-0.1, -0.05) is 0 Å². The molecule has 0 atom stereocenters. The predicted molar refractivity (Wildman–Crippen MR) is 69.6 cm³/mol. The van der Waals surface area contributed by atoms with Crippen LogP contribution in [0.1, 0.15) is 16.8 Å². The third kappa shape index (κ3) is 3.33. The minimum absolute atomic E-state index is 0.144. The molecule has 0 aromatic heterocycles. The molecule has 20 heavy (non-hydrogen) atoms. The first kappa shape index (κ1) is 14.9. The number of nitrogens with zero attached hydrogens (tertiary/aromatic N) is 1. The molecule has 1 fully saturated rings. The van der Waals surface area contributed by atoms with Crippen molar-refractivity contribution in [3.05, 3.63) is 29.8 Å². The van der Waals surface area contributed by atoms with Crippen molar-refractivity contribution in [2.75, 3.05) is 19.3 Å². The molecule has 2 rings (SSSR count). The molecular formula is C13H15F2NO3S. The number of amides is 1. The summed E-state index contributed by atoms with van der Waals surface area (Å²) in [6.07, 6.45) is -1.43. The standard InChI is InChI=1S/C13H15F2NO3S/c1-20(18,19)11-4-2-10(3-5-11)13(17)16-7-9(8-16)6-12(14)15/h2-5,9,12H,6-8H2,1H3.